The molecule has 0 saturated heterocycles. The molecule has 0 atom stereocenters. The van der Waals surface area contributed by atoms with Gasteiger partial charge in [0.15, 0.2) is 0 Å². The van der Waals surface area contributed by atoms with Crippen LogP contribution in [0.3, 0.4) is 0 Å². The smallest absolute Gasteiger partial charge is 0.243 e. The van der Waals surface area contributed by atoms with Gasteiger partial charge in [0, 0.05) is 43.8 Å². The number of hydrogen-bond donors (Lipinski definition) is 3. The molecule has 0 aliphatic carbocycles. The van der Waals surface area contributed by atoms with Crippen LogP contribution in [-0.2, 0) is 9.59 Å². The Bertz CT molecular complexity index is 711. The lowest BCUT2D eigenvalue weighted by Gasteiger charge is -2.13. The quantitative estimate of drug-likeness (QED) is 0.763. The van der Waals surface area contributed by atoms with Crippen LogP contribution in [0.15, 0.2) is 48.5 Å². The van der Waals surface area contributed by atoms with Gasteiger partial charge in [-0.3, -0.25) is 9.59 Å². The van der Waals surface area contributed by atoms with Crippen LogP contribution in [0.1, 0.15) is 6.92 Å². The zero-order valence-corrected chi connectivity index (χ0v) is 14.1. The standard InChI is InChI=1S/C18H22N4O2/c1-13(23)20-16-6-4-5-15(11-16)19-12-18(24)21-14-7-9-17(10-8-14)22(2)3/h4-11,19H,12H2,1-3H3,(H,20,23)(H,21,24). The number of carbonyl (C=O) groups is 2. The summed E-state index contributed by atoms with van der Waals surface area (Å²) < 4.78 is 0. The number of amides is 2. The lowest BCUT2D eigenvalue weighted by atomic mass is 10.2. The Morgan fingerprint density at radius 2 is 1.58 bits per heavy atom. The first-order valence-electron chi connectivity index (χ1n) is 7.63. The molecule has 2 amide bonds. The summed E-state index contributed by atoms with van der Waals surface area (Å²) >= 11 is 0. The van der Waals surface area contributed by atoms with Gasteiger partial charge in [-0.25, -0.2) is 0 Å². The summed E-state index contributed by atoms with van der Waals surface area (Å²) in [4.78, 5) is 25.1. The minimum Gasteiger partial charge on any atom is -0.378 e. The molecule has 24 heavy (non-hydrogen) atoms. The van der Waals surface area contributed by atoms with Gasteiger partial charge < -0.3 is 20.9 Å². The first kappa shape index (κ1) is 17.3. The summed E-state index contributed by atoms with van der Waals surface area (Å²) in [6.07, 6.45) is 0. The lowest BCUT2D eigenvalue weighted by molar-refractivity contribution is -0.115. The monoisotopic (exact) mass is 326 g/mol. The van der Waals surface area contributed by atoms with Crippen LogP contribution in [0.2, 0.25) is 0 Å². The summed E-state index contributed by atoms with van der Waals surface area (Å²) in [5, 5.41) is 8.58. The van der Waals surface area contributed by atoms with E-state index in [0.717, 1.165) is 17.1 Å². The third-order valence-electron chi connectivity index (χ3n) is 3.30. The zero-order chi connectivity index (χ0) is 17.5. The molecule has 0 radical (unpaired) electrons. The predicted molar refractivity (Wildman–Crippen MR) is 98.6 cm³/mol. The van der Waals surface area contributed by atoms with Crippen molar-refractivity contribution in [1.82, 2.24) is 0 Å². The number of hydrogen-bond acceptors (Lipinski definition) is 4. The van der Waals surface area contributed by atoms with E-state index in [1.165, 1.54) is 6.92 Å². The molecule has 0 aliphatic heterocycles. The van der Waals surface area contributed by atoms with Crippen LogP contribution in [0.4, 0.5) is 22.7 Å². The van der Waals surface area contributed by atoms with E-state index in [1.54, 1.807) is 12.1 Å². The van der Waals surface area contributed by atoms with Crippen molar-refractivity contribution in [2.75, 3.05) is 41.5 Å². The van der Waals surface area contributed by atoms with E-state index in [2.05, 4.69) is 16.0 Å². The van der Waals surface area contributed by atoms with Crippen LogP contribution in [0.5, 0.6) is 0 Å². The molecule has 0 aromatic heterocycles. The molecule has 3 N–H and O–H groups in total. The Kier molecular flexibility index (Phi) is 5.78. The molecule has 0 saturated carbocycles. The maximum atomic E-state index is 12.0. The van der Waals surface area contributed by atoms with Crippen LogP contribution in [-0.4, -0.2) is 32.5 Å². The first-order chi connectivity index (χ1) is 11.4. The maximum absolute atomic E-state index is 12.0. The SMILES string of the molecule is CC(=O)Nc1cccc(NCC(=O)Nc2ccc(N(C)C)cc2)c1. The van der Waals surface area contributed by atoms with E-state index in [-0.39, 0.29) is 18.4 Å². The maximum Gasteiger partial charge on any atom is 0.243 e. The van der Waals surface area contributed by atoms with Gasteiger partial charge in [-0.1, -0.05) is 6.07 Å². The second-order valence-electron chi connectivity index (χ2n) is 5.61. The van der Waals surface area contributed by atoms with E-state index < -0.39 is 0 Å². The van der Waals surface area contributed by atoms with Gasteiger partial charge in [-0.2, -0.15) is 0 Å². The molecular weight excluding hydrogens is 304 g/mol. The van der Waals surface area contributed by atoms with Crippen molar-refractivity contribution in [2.45, 2.75) is 6.92 Å². The second kappa shape index (κ2) is 8.01. The Balaban J connectivity index is 1.87. The normalized spacial score (nSPS) is 9.96. The largest absolute Gasteiger partial charge is 0.378 e. The number of carbonyl (C=O) groups excluding carboxylic acids is 2. The highest BCUT2D eigenvalue weighted by atomic mass is 16.2. The van der Waals surface area contributed by atoms with Gasteiger partial charge in [-0.05, 0) is 42.5 Å². The van der Waals surface area contributed by atoms with Crippen LogP contribution in [0.25, 0.3) is 0 Å². The lowest BCUT2D eigenvalue weighted by Crippen LogP contribution is -2.21. The zero-order valence-electron chi connectivity index (χ0n) is 14.1. The molecule has 0 unspecified atom stereocenters. The molecule has 6 heteroatoms. The number of benzene rings is 2. The van der Waals surface area contributed by atoms with Crippen molar-refractivity contribution in [2.24, 2.45) is 0 Å². The van der Waals surface area contributed by atoms with E-state index in [4.69, 9.17) is 0 Å². The first-order valence-corrected chi connectivity index (χ1v) is 7.63. The van der Waals surface area contributed by atoms with Crippen LogP contribution in [0, 0.1) is 0 Å². The highest BCUT2D eigenvalue weighted by molar-refractivity contribution is 5.94. The molecule has 6 nitrogen and oxygen atoms in total. The topological polar surface area (TPSA) is 73.5 Å². The van der Waals surface area contributed by atoms with Crippen molar-refractivity contribution in [3.05, 3.63) is 48.5 Å². The van der Waals surface area contributed by atoms with Crippen molar-refractivity contribution in [3.8, 4) is 0 Å². The fourth-order valence-electron chi connectivity index (χ4n) is 2.14. The highest BCUT2D eigenvalue weighted by Crippen LogP contribution is 2.16. The Morgan fingerprint density at radius 1 is 0.917 bits per heavy atom. The summed E-state index contributed by atoms with van der Waals surface area (Å²) in [7, 11) is 3.93. The molecule has 0 heterocycles. The average Bonchev–Trinajstić information content (AvgIpc) is 2.53. The molecule has 2 aromatic carbocycles. The van der Waals surface area contributed by atoms with Crippen LogP contribution < -0.4 is 20.9 Å². The second-order valence-corrected chi connectivity index (χ2v) is 5.61. The third-order valence-corrected chi connectivity index (χ3v) is 3.30. The van der Waals surface area contributed by atoms with Gasteiger partial charge in [0.25, 0.3) is 0 Å². The molecule has 0 spiro atoms. The van der Waals surface area contributed by atoms with Gasteiger partial charge >= 0.3 is 0 Å². The van der Waals surface area contributed by atoms with E-state index in [0.29, 0.717) is 5.69 Å². The van der Waals surface area contributed by atoms with Crippen molar-refractivity contribution in [1.29, 1.82) is 0 Å². The summed E-state index contributed by atoms with van der Waals surface area (Å²) in [6.45, 7) is 1.59. The van der Waals surface area contributed by atoms with Gasteiger partial charge in [0.05, 0.1) is 6.54 Å². The summed E-state index contributed by atoms with van der Waals surface area (Å²) in [5.74, 6) is -0.274. The van der Waals surface area contributed by atoms with Crippen molar-refractivity contribution >= 4 is 34.6 Å². The Labute approximate surface area is 141 Å². The third kappa shape index (κ3) is 5.31. The molecular formula is C18H22N4O2. The molecule has 2 rings (SSSR count). The number of anilines is 4. The summed E-state index contributed by atoms with van der Waals surface area (Å²) in [5.41, 5.74) is 3.27. The fourth-order valence-corrected chi connectivity index (χ4v) is 2.14. The summed E-state index contributed by atoms with van der Waals surface area (Å²) in [6, 6.07) is 14.8. The molecule has 0 fully saturated rings. The number of nitrogens with zero attached hydrogens (tertiary/aromatic N) is 1. The fraction of sp³-hybridized carbons (Fsp3) is 0.222. The number of rotatable bonds is 6. The Morgan fingerprint density at radius 3 is 2.21 bits per heavy atom. The van der Waals surface area contributed by atoms with Gasteiger partial charge in [0.2, 0.25) is 11.8 Å². The van der Waals surface area contributed by atoms with Crippen molar-refractivity contribution in [3.63, 3.8) is 0 Å². The van der Waals surface area contributed by atoms with Crippen molar-refractivity contribution < 1.29 is 9.59 Å². The minimum atomic E-state index is -0.141. The Hall–Kier alpha value is -3.02. The van der Waals surface area contributed by atoms with E-state index >= 15 is 0 Å². The molecule has 0 aliphatic rings. The minimum absolute atomic E-state index is 0.133. The molecule has 126 valence electrons. The van der Waals surface area contributed by atoms with E-state index in [1.807, 2.05) is 55.4 Å². The van der Waals surface area contributed by atoms with Gasteiger partial charge in [-0.15, -0.1) is 0 Å². The predicted octanol–water partition coefficient (Wildman–Crippen LogP) is 2.76. The van der Waals surface area contributed by atoms with Crippen LogP contribution >= 0.6 is 0 Å². The average molecular weight is 326 g/mol. The highest BCUT2D eigenvalue weighted by Gasteiger charge is 2.04. The molecule has 0 bridgehead atoms. The molecule has 2 aromatic rings. The number of nitrogens with one attached hydrogen (secondary N) is 3. The van der Waals surface area contributed by atoms with Gasteiger partial charge in [0.1, 0.15) is 0 Å². The van der Waals surface area contributed by atoms with E-state index in [9.17, 15) is 9.59 Å².